The van der Waals surface area contributed by atoms with Crippen molar-refractivity contribution in [3.63, 3.8) is 0 Å². The van der Waals surface area contributed by atoms with E-state index in [4.69, 9.17) is 11.5 Å². The Kier molecular flexibility index (Phi) is 7.03. The summed E-state index contributed by atoms with van der Waals surface area (Å²) in [6, 6.07) is 0. The highest BCUT2D eigenvalue weighted by atomic mass is 15.4. The fourth-order valence-electron chi connectivity index (χ4n) is 2.11. The third kappa shape index (κ3) is 5.93. The molecule has 10 nitrogen and oxygen atoms in total. The van der Waals surface area contributed by atoms with Gasteiger partial charge in [0.25, 0.3) is 0 Å². The minimum absolute atomic E-state index is 0.130. The van der Waals surface area contributed by atoms with Crippen molar-refractivity contribution in [1.29, 1.82) is 0 Å². The number of aromatic nitrogens is 3. The fourth-order valence-corrected chi connectivity index (χ4v) is 2.11. The molecule has 0 spiro atoms. The summed E-state index contributed by atoms with van der Waals surface area (Å²) in [4.78, 5) is 14.0. The van der Waals surface area contributed by atoms with Gasteiger partial charge in [0.15, 0.2) is 0 Å². The van der Waals surface area contributed by atoms with Gasteiger partial charge < -0.3 is 27.0 Å². The topological polar surface area (TPSA) is 142 Å². The summed E-state index contributed by atoms with van der Waals surface area (Å²) in [6.45, 7) is 6.81. The number of nitrogen functional groups attached to an aromatic ring is 2. The van der Waals surface area contributed by atoms with Crippen molar-refractivity contribution in [2.75, 3.05) is 69.0 Å². The molecule has 0 unspecified atom stereocenters. The van der Waals surface area contributed by atoms with Gasteiger partial charge in [0, 0.05) is 26.2 Å². The van der Waals surface area contributed by atoms with Crippen LogP contribution in [0.4, 0.5) is 17.8 Å². The monoisotopic (exact) mass is 310 g/mol. The summed E-state index contributed by atoms with van der Waals surface area (Å²) in [5, 5.41) is 13.5. The van der Waals surface area contributed by atoms with Gasteiger partial charge in [-0.1, -0.05) is 0 Å². The van der Waals surface area contributed by atoms with Crippen LogP contribution in [0.1, 0.15) is 6.42 Å². The van der Waals surface area contributed by atoms with Crippen molar-refractivity contribution >= 4 is 17.8 Å². The van der Waals surface area contributed by atoms with Crippen LogP contribution < -0.4 is 37.6 Å². The van der Waals surface area contributed by atoms with Crippen molar-refractivity contribution < 1.29 is 0 Å². The second-order valence-corrected chi connectivity index (χ2v) is 5.06. The Hall–Kier alpha value is -1.75. The molecular weight excluding hydrogens is 284 g/mol. The Balaban J connectivity index is 1.95. The maximum atomic E-state index is 5.65. The lowest BCUT2D eigenvalue weighted by atomic mass is 10.4. The van der Waals surface area contributed by atoms with Crippen LogP contribution in [0.25, 0.3) is 0 Å². The SMILES string of the molecule is Nc1nc(N)nc(N2CNCCNCCCNCCNC2)n1. The molecule has 0 bridgehead atoms. The van der Waals surface area contributed by atoms with E-state index in [1.165, 1.54) is 0 Å². The average Bonchev–Trinajstić information content (AvgIpc) is 2.48. The Morgan fingerprint density at radius 3 is 1.73 bits per heavy atom. The smallest absolute Gasteiger partial charge is 0.234 e. The molecule has 124 valence electrons. The summed E-state index contributed by atoms with van der Waals surface area (Å²) >= 11 is 0. The van der Waals surface area contributed by atoms with E-state index in [9.17, 15) is 0 Å². The number of anilines is 3. The zero-order valence-electron chi connectivity index (χ0n) is 12.8. The van der Waals surface area contributed by atoms with E-state index in [2.05, 4.69) is 36.2 Å². The molecule has 0 saturated carbocycles. The molecule has 0 amide bonds. The fraction of sp³-hybridized carbons (Fsp3) is 0.750. The molecule has 0 aliphatic carbocycles. The Morgan fingerprint density at radius 2 is 1.18 bits per heavy atom. The minimum Gasteiger partial charge on any atom is -0.368 e. The molecule has 1 aliphatic rings. The van der Waals surface area contributed by atoms with Crippen molar-refractivity contribution in [2.24, 2.45) is 0 Å². The third-order valence-corrected chi connectivity index (χ3v) is 3.21. The van der Waals surface area contributed by atoms with Crippen molar-refractivity contribution in [3.8, 4) is 0 Å². The summed E-state index contributed by atoms with van der Waals surface area (Å²) in [6.07, 6.45) is 1.13. The molecule has 0 radical (unpaired) electrons. The molecule has 22 heavy (non-hydrogen) atoms. The minimum atomic E-state index is 0.130. The highest BCUT2D eigenvalue weighted by Crippen LogP contribution is 2.08. The van der Waals surface area contributed by atoms with Gasteiger partial charge in [-0.25, -0.2) is 0 Å². The molecule has 2 rings (SSSR count). The van der Waals surface area contributed by atoms with E-state index in [-0.39, 0.29) is 11.9 Å². The van der Waals surface area contributed by atoms with Gasteiger partial charge in [0.05, 0.1) is 13.3 Å². The highest BCUT2D eigenvalue weighted by molar-refractivity contribution is 5.39. The Morgan fingerprint density at radius 1 is 0.682 bits per heavy atom. The number of nitrogens with one attached hydrogen (secondary N) is 4. The average molecular weight is 310 g/mol. The summed E-state index contributed by atoms with van der Waals surface area (Å²) < 4.78 is 0. The zero-order chi connectivity index (χ0) is 15.6. The van der Waals surface area contributed by atoms with E-state index in [0.29, 0.717) is 19.3 Å². The predicted molar refractivity (Wildman–Crippen MR) is 87.2 cm³/mol. The van der Waals surface area contributed by atoms with E-state index in [1.807, 2.05) is 4.90 Å². The second kappa shape index (κ2) is 9.30. The number of rotatable bonds is 1. The molecule has 1 saturated heterocycles. The zero-order valence-corrected chi connectivity index (χ0v) is 12.8. The van der Waals surface area contributed by atoms with Crippen LogP contribution in [-0.2, 0) is 0 Å². The van der Waals surface area contributed by atoms with Crippen LogP contribution >= 0.6 is 0 Å². The first-order valence-electron chi connectivity index (χ1n) is 7.60. The van der Waals surface area contributed by atoms with E-state index >= 15 is 0 Å². The molecule has 8 N–H and O–H groups in total. The summed E-state index contributed by atoms with van der Waals surface area (Å²) in [7, 11) is 0. The Bertz CT molecular complexity index is 406. The first kappa shape index (κ1) is 16.6. The van der Waals surface area contributed by atoms with E-state index in [1.54, 1.807) is 0 Å². The number of hydrogen-bond donors (Lipinski definition) is 6. The highest BCUT2D eigenvalue weighted by Gasteiger charge is 2.11. The third-order valence-electron chi connectivity index (χ3n) is 3.21. The second-order valence-electron chi connectivity index (χ2n) is 5.06. The van der Waals surface area contributed by atoms with Gasteiger partial charge >= 0.3 is 0 Å². The quantitative estimate of drug-likeness (QED) is 0.330. The van der Waals surface area contributed by atoms with Gasteiger partial charge in [0.2, 0.25) is 17.8 Å². The molecule has 1 aliphatic heterocycles. The predicted octanol–water partition coefficient (Wildman–Crippen LogP) is -2.48. The molecule has 10 heteroatoms. The first-order chi connectivity index (χ1) is 10.8. The molecular formula is C12H26N10. The van der Waals surface area contributed by atoms with Gasteiger partial charge in [-0.2, -0.15) is 15.0 Å². The van der Waals surface area contributed by atoms with Crippen LogP contribution in [-0.4, -0.2) is 67.6 Å². The molecule has 1 aromatic heterocycles. The van der Waals surface area contributed by atoms with Crippen LogP contribution in [0.3, 0.4) is 0 Å². The number of nitrogens with zero attached hydrogens (tertiary/aromatic N) is 4. The normalized spacial score (nSPS) is 19.5. The molecule has 2 heterocycles. The summed E-state index contributed by atoms with van der Waals surface area (Å²) in [5.41, 5.74) is 11.3. The molecule has 1 fully saturated rings. The van der Waals surface area contributed by atoms with Crippen LogP contribution in [0.2, 0.25) is 0 Å². The van der Waals surface area contributed by atoms with Gasteiger partial charge in [-0.3, -0.25) is 10.6 Å². The maximum absolute atomic E-state index is 5.65. The van der Waals surface area contributed by atoms with Crippen LogP contribution in [0.5, 0.6) is 0 Å². The molecule has 0 atom stereocenters. The number of nitrogens with two attached hydrogens (primary N) is 2. The maximum Gasteiger partial charge on any atom is 0.234 e. The molecule has 1 aromatic rings. The summed E-state index contributed by atoms with van der Waals surface area (Å²) in [5.74, 6) is 0.730. The van der Waals surface area contributed by atoms with E-state index in [0.717, 1.165) is 45.7 Å². The number of hydrogen-bond acceptors (Lipinski definition) is 10. The standard InChI is InChI=1S/C12H26N10/c13-10-19-11(14)21-12(20-10)22-8-17-6-4-15-2-1-3-16-5-7-18-9-22/h15-18H,1-9H2,(H4,13,14,19,20,21). The van der Waals surface area contributed by atoms with Crippen molar-refractivity contribution in [2.45, 2.75) is 6.42 Å². The van der Waals surface area contributed by atoms with Gasteiger partial charge in [0.1, 0.15) is 0 Å². The van der Waals surface area contributed by atoms with Crippen LogP contribution in [0, 0.1) is 0 Å². The first-order valence-corrected chi connectivity index (χ1v) is 7.60. The van der Waals surface area contributed by atoms with E-state index < -0.39 is 0 Å². The molecule has 0 aromatic carbocycles. The Labute approximate surface area is 130 Å². The van der Waals surface area contributed by atoms with Crippen molar-refractivity contribution in [1.82, 2.24) is 36.2 Å². The lowest BCUT2D eigenvalue weighted by Gasteiger charge is -2.24. The van der Waals surface area contributed by atoms with Crippen molar-refractivity contribution in [3.05, 3.63) is 0 Å². The van der Waals surface area contributed by atoms with Gasteiger partial charge in [-0.05, 0) is 19.5 Å². The largest absolute Gasteiger partial charge is 0.368 e. The lowest BCUT2D eigenvalue weighted by Crippen LogP contribution is -2.45. The van der Waals surface area contributed by atoms with Gasteiger partial charge in [-0.15, -0.1) is 0 Å². The van der Waals surface area contributed by atoms with Crippen LogP contribution in [0.15, 0.2) is 0 Å². The lowest BCUT2D eigenvalue weighted by molar-refractivity contribution is 0.525.